The molecule has 114 valence electrons. The van der Waals surface area contributed by atoms with Crippen LogP contribution in [0.25, 0.3) is 0 Å². The summed E-state index contributed by atoms with van der Waals surface area (Å²) in [5.74, 6) is 0. The lowest BCUT2D eigenvalue weighted by Crippen LogP contribution is -2.25. The summed E-state index contributed by atoms with van der Waals surface area (Å²) < 4.78 is 44.1. The molecular formula is C14H15F3N2O2. The molecule has 1 amide bonds. The number of nitrogens with two attached hydrogens (primary N) is 1. The minimum atomic E-state index is -4.56. The van der Waals surface area contributed by atoms with E-state index < -0.39 is 23.2 Å². The molecule has 0 radical (unpaired) electrons. The maximum atomic E-state index is 13.2. The summed E-state index contributed by atoms with van der Waals surface area (Å²) in [6.07, 6.45) is -5.74. The lowest BCUT2D eigenvalue weighted by molar-refractivity contribution is -0.138. The number of hydrogen-bond acceptors (Lipinski definition) is 3. The van der Waals surface area contributed by atoms with Crippen molar-refractivity contribution in [1.82, 2.24) is 0 Å². The van der Waals surface area contributed by atoms with Gasteiger partial charge in [0.25, 0.3) is 0 Å². The van der Waals surface area contributed by atoms with Gasteiger partial charge in [0.1, 0.15) is 6.61 Å². The molecule has 1 rings (SSSR count). The van der Waals surface area contributed by atoms with Crippen LogP contribution in [-0.2, 0) is 22.9 Å². The van der Waals surface area contributed by atoms with Crippen molar-refractivity contribution in [3.8, 4) is 6.07 Å². The first-order valence-electron chi connectivity index (χ1n) is 6.08. The molecule has 1 aromatic rings. The van der Waals surface area contributed by atoms with E-state index in [4.69, 9.17) is 11.0 Å². The Morgan fingerprint density at radius 2 is 2.00 bits per heavy atom. The first-order chi connectivity index (χ1) is 9.59. The molecule has 0 atom stereocenters. The predicted octanol–water partition coefficient (Wildman–Crippen LogP) is 3.49. The van der Waals surface area contributed by atoms with Gasteiger partial charge in [-0.3, -0.25) is 0 Å². The number of rotatable bonds is 4. The standard InChI is InChI=1S/C14H15F3N2O2/c1-13(2,6-7-18)11-9(8-21-12(19)20)4-3-5-10(11)14(15,16)17/h3-5H,6,8H2,1-2H3,(H2,19,20). The van der Waals surface area contributed by atoms with Gasteiger partial charge in [0.2, 0.25) is 0 Å². The molecule has 4 nitrogen and oxygen atoms in total. The second-order valence-electron chi connectivity index (χ2n) is 5.16. The molecule has 2 N–H and O–H groups in total. The van der Waals surface area contributed by atoms with Crippen molar-refractivity contribution in [3.05, 3.63) is 34.9 Å². The Bertz CT molecular complexity index is 575. The molecule has 0 fully saturated rings. The van der Waals surface area contributed by atoms with Crippen LogP contribution < -0.4 is 5.73 Å². The van der Waals surface area contributed by atoms with Crippen molar-refractivity contribution in [2.24, 2.45) is 5.73 Å². The van der Waals surface area contributed by atoms with Crippen LogP contribution >= 0.6 is 0 Å². The number of benzene rings is 1. The maximum absolute atomic E-state index is 13.2. The lowest BCUT2D eigenvalue weighted by Gasteiger charge is -2.28. The second-order valence-corrected chi connectivity index (χ2v) is 5.16. The van der Waals surface area contributed by atoms with Crippen LogP contribution in [0.5, 0.6) is 0 Å². The number of carbonyl (C=O) groups excluding carboxylic acids is 1. The molecular weight excluding hydrogens is 285 g/mol. The van der Waals surface area contributed by atoms with Crippen LogP contribution in [-0.4, -0.2) is 6.09 Å². The summed E-state index contributed by atoms with van der Waals surface area (Å²) in [5.41, 5.74) is 3.09. The minimum absolute atomic E-state index is 0.0553. The van der Waals surface area contributed by atoms with E-state index in [9.17, 15) is 18.0 Å². The smallest absolute Gasteiger partial charge is 0.416 e. The van der Waals surface area contributed by atoms with E-state index in [1.807, 2.05) is 6.07 Å². The molecule has 0 spiro atoms. The molecule has 0 unspecified atom stereocenters. The average molecular weight is 300 g/mol. The van der Waals surface area contributed by atoms with Gasteiger partial charge < -0.3 is 10.5 Å². The van der Waals surface area contributed by atoms with Gasteiger partial charge in [-0.05, 0) is 17.2 Å². The first kappa shape index (κ1) is 16.8. The monoisotopic (exact) mass is 300 g/mol. The summed E-state index contributed by atoms with van der Waals surface area (Å²) in [4.78, 5) is 10.7. The molecule has 0 aliphatic carbocycles. The van der Waals surface area contributed by atoms with Gasteiger partial charge in [0.05, 0.1) is 11.6 Å². The maximum Gasteiger partial charge on any atom is 0.416 e. The summed E-state index contributed by atoms with van der Waals surface area (Å²) in [6, 6.07) is 5.48. The molecule has 0 saturated heterocycles. The largest absolute Gasteiger partial charge is 0.445 e. The van der Waals surface area contributed by atoms with E-state index in [-0.39, 0.29) is 24.2 Å². The van der Waals surface area contributed by atoms with Crippen molar-refractivity contribution < 1.29 is 22.7 Å². The van der Waals surface area contributed by atoms with Gasteiger partial charge in [-0.15, -0.1) is 0 Å². The SMILES string of the molecule is CC(C)(CC#N)c1c(COC(N)=O)cccc1C(F)(F)F. The van der Waals surface area contributed by atoms with Gasteiger partial charge in [-0.25, -0.2) is 4.79 Å². The van der Waals surface area contributed by atoms with E-state index in [0.29, 0.717) is 0 Å². The number of primary amides is 1. The summed E-state index contributed by atoms with van der Waals surface area (Å²) >= 11 is 0. The average Bonchev–Trinajstić information content (AvgIpc) is 2.34. The van der Waals surface area contributed by atoms with Gasteiger partial charge in [-0.2, -0.15) is 18.4 Å². The van der Waals surface area contributed by atoms with E-state index >= 15 is 0 Å². The van der Waals surface area contributed by atoms with Gasteiger partial charge >= 0.3 is 12.3 Å². The highest BCUT2D eigenvalue weighted by Gasteiger charge is 2.39. The van der Waals surface area contributed by atoms with Crippen molar-refractivity contribution in [3.63, 3.8) is 0 Å². The Labute approximate surface area is 120 Å². The molecule has 7 heteroatoms. The van der Waals surface area contributed by atoms with E-state index in [2.05, 4.69) is 4.74 Å². The minimum Gasteiger partial charge on any atom is -0.445 e. The fourth-order valence-electron chi connectivity index (χ4n) is 2.19. The molecule has 0 bridgehead atoms. The summed E-state index contributed by atoms with van der Waals surface area (Å²) in [5, 5.41) is 8.83. The van der Waals surface area contributed by atoms with E-state index in [1.165, 1.54) is 26.0 Å². The molecule has 0 heterocycles. The lowest BCUT2D eigenvalue weighted by atomic mass is 9.77. The number of nitriles is 1. The Morgan fingerprint density at radius 1 is 1.38 bits per heavy atom. The zero-order chi connectivity index (χ0) is 16.3. The van der Waals surface area contributed by atoms with E-state index in [1.54, 1.807) is 0 Å². The quantitative estimate of drug-likeness (QED) is 0.924. The zero-order valence-electron chi connectivity index (χ0n) is 11.6. The summed E-state index contributed by atoms with van der Waals surface area (Å²) in [7, 11) is 0. The fourth-order valence-corrected chi connectivity index (χ4v) is 2.19. The number of halogens is 3. The van der Waals surface area contributed by atoms with E-state index in [0.717, 1.165) is 6.07 Å². The number of hydrogen-bond donors (Lipinski definition) is 1. The Kier molecular flexibility index (Phi) is 4.84. The topological polar surface area (TPSA) is 76.1 Å². The molecule has 21 heavy (non-hydrogen) atoms. The van der Waals surface area contributed by atoms with Crippen molar-refractivity contribution in [2.75, 3.05) is 0 Å². The summed E-state index contributed by atoms with van der Waals surface area (Å²) in [6.45, 7) is 2.70. The normalized spacial score (nSPS) is 11.8. The van der Waals surface area contributed by atoms with Crippen LogP contribution in [0.1, 0.15) is 37.0 Å². The number of alkyl halides is 3. The zero-order valence-corrected chi connectivity index (χ0v) is 11.6. The predicted molar refractivity (Wildman–Crippen MR) is 69.1 cm³/mol. The van der Waals surface area contributed by atoms with Gasteiger partial charge in [0, 0.05) is 11.8 Å². The molecule has 0 aliphatic heterocycles. The third-order valence-electron chi connectivity index (χ3n) is 3.02. The Morgan fingerprint density at radius 3 is 2.48 bits per heavy atom. The highest BCUT2D eigenvalue weighted by Crippen LogP contribution is 2.40. The van der Waals surface area contributed by atoms with Crippen molar-refractivity contribution >= 4 is 6.09 Å². The van der Waals surface area contributed by atoms with Crippen molar-refractivity contribution in [2.45, 2.75) is 38.5 Å². The number of nitrogens with zero attached hydrogens (tertiary/aromatic N) is 1. The van der Waals surface area contributed by atoms with Crippen LogP contribution in [0, 0.1) is 11.3 Å². The Hall–Kier alpha value is -2.23. The second kappa shape index (κ2) is 6.04. The van der Waals surface area contributed by atoms with Gasteiger partial charge in [-0.1, -0.05) is 26.0 Å². The number of amides is 1. The molecule has 0 aromatic heterocycles. The van der Waals surface area contributed by atoms with Crippen LogP contribution in [0.15, 0.2) is 18.2 Å². The van der Waals surface area contributed by atoms with Crippen LogP contribution in [0.3, 0.4) is 0 Å². The third kappa shape index (κ3) is 4.12. The van der Waals surface area contributed by atoms with Crippen LogP contribution in [0.4, 0.5) is 18.0 Å². The third-order valence-corrected chi connectivity index (χ3v) is 3.02. The Balaban J connectivity index is 3.45. The van der Waals surface area contributed by atoms with Gasteiger partial charge in [0.15, 0.2) is 0 Å². The fraction of sp³-hybridized carbons (Fsp3) is 0.429. The highest BCUT2D eigenvalue weighted by molar-refractivity contribution is 5.64. The molecule has 1 aromatic carbocycles. The van der Waals surface area contributed by atoms with Crippen LogP contribution in [0.2, 0.25) is 0 Å². The number of carbonyl (C=O) groups is 1. The number of ether oxygens (including phenoxy) is 1. The highest BCUT2D eigenvalue weighted by atomic mass is 19.4. The van der Waals surface area contributed by atoms with Crippen molar-refractivity contribution in [1.29, 1.82) is 5.26 Å². The first-order valence-corrected chi connectivity index (χ1v) is 6.08. The molecule has 0 saturated carbocycles. The molecule has 0 aliphatic rings.